The number of pyridine rings is 2. The van der Waals surface area contributed by atoms with Gasteiger partial charge in [-0.15, -0.1) is 0 Å². The summed E-state index contributed by atoms with van der Waals surface area (Å²) in [6, 6.07) is 19.9. The van der Waals surface area contributed by atoms with E-state index in [0.29, 0.717) is 70.4 Å². The zero-order valence-corrected chi connectivity index (χ0v) is 31.4. The minimum atomic E-state index is -0.252. The zero-order valence-electron chi connectivity index (χ0n) is 29.9. The highest BCUT2D eigenvalue weighted by Crippen LogP contribution is 2.45. The quantitative estimate of drug-likeness (QED) is 0.130. The van der Waals surface area contributed by atoms with Gasteiger partial charge in [0, 0.05) is 41.6 Å². The number of carbonyl (C=O) groups is 1. The molecule has 3 aliphatic rings. The van der Waals surface area contributed by atoms with Crippen LogP contribution < -0.4 is 19.5 Å². The van der Waals surface area contributed by atoms with Gasteiger partial charge in [-0.25, -0.2) is 4.98 Å². The third-order valence-corrected chi connectivity index (χ3v) is 11.6. The number of nitrogens with one attached hydrogen (secondary N) is 1. The summed E-state index contributed by atoms with van der Waals surface area (Å²) in [7, 11) is 1.60. The molecule has 4 aromatic rings. The number of hydrogen-bond donors (Lipinski definition) is 2. The molecule has 0 bridgehead atoms. The number of carbonyl (C=O) groups excluding carboxylic acids is 1. The number of ether oxygens (including phenoxy) is 3. The highest BCUT2D eigenvalue weighted by molar-refractivity contribution is 6.36. The Kier molecular flexibility index (Phi) is 11.8. The molecule has 2 aromatic heterocycles. The molecule has 2 saturated carbocycles. The molecule has 4 atom stereocenters. The fraction of sp³-hybridized carbons (Fsp3) is 0.429. The van der Waals surface area contributed by atoms with Crippen molar-refractivity contribution in [3.8, 4) is 46.1 Å². The van der Waals surface area contributed by atoms with Crippen LogP contribution >= 0.6 is 23.2 Å². The lowest BCUT2D eigenvalue weighted by Gasteiger charge is -2.19. The highest BCUT2D eigenvalue weighted by Gasteiger charge is 2.30. The van der Waals surface area contributed by atoms with Crippen LogP contribution in [0.3, 0.4) is 0 Å². The van der Waals surface area contributed by atoms with E-state index in [2.05, 4.69) is 22.4 Å². The summed E-state index contributed by atoms with van der Waals surface area (Å²) < 4.78 is 17.9. The summed E-state index contributed by atoms with van der Waals surface area (Å²) in [5.74, 6) is 2.17. The van der Waals surface area contributed by atoms with Crippen molar-refractivity contribution in [3.05, 3.63) is 86.9 Å². The average molecular weight is 756 g/mol. The Morgan fingerprint density at radius 1 is 0.943 bits per heavy atom. The molecule has 2 heterocycles. The first kappa shape index (κ1) is 37.1. The summed E-state index contributed by atoms with van der Waals surface area (Å²) in [6.07, 6.45) is 7.79. The Morgan fingerprint density at radius 3 is 2.55 bits per heavy atom. The first-order valence-electron chi connectivity index (χ1n) is 18.5. The molecule has 53 heavy (non-hydrogen) atoms. The molecule has 9 nitrogen and oxygen atoms in total. The fourth-order valence-corrected chi connectivity index (χ4v) is 8.69. The van der Waals surface area contributed by atoms with E-state index >= 15 is 0 Å². The van der Waals surface area contributed by atoms with E-state index in [4.69, 9.17) is 42.4 Å². The minimum absolute atomic E-state index is 0.128. The second-order valence-electron chi connectivity index (χ2n) is 14.3. The molecule has 0 saturated heterocycles. The Labute approximate surface area is 320 Å². The van der Waals surface area contributed by atoms with Crippen LogP contribution in [-0.4, -0.2) is 47.2 Å². The maximum absolute atomic E-state index is 11.7. The number of ketones is 1. The van der Waals surface area contributed by atoms with Crippen LogP contribution in [0.2, 0.25) is 10.0 Å². The molecule has 0 aliphatic heterocycles. The van der Waals surface area contributed by atoms with Gasteiger partial charge in [0.05, 0.1) is 23.9 Å². The second kappa shape index (κ2) is 16.9. The van der Waals surface area contributed by atoms with Gasteiger partial charge in [0.15, 0.2) is 6.61 Å². The van der Waals surface area contributed by atoms with Gasteiger partial charge in [0.2, 0.25) is 17.6 Å². The van der Waals surface area contributed by atoms with Crippen molar-refractivity contribution in [2.24, 2.45) is 11.8 Å². The molecule has 3 aliphatic carbocycles. The van der Waals surface area contributed by atoms with Crippen LogP contribution in [0.1, 0.15) is 79.7 Å². The third kappa shape index (κ3) is 8.32. The van der Waals surface area contributed by atoms with Crippen molar-refractivity contribution in [2.45, 2.75) is 83.0 Å². The number of aromatic nitrogens is 2. The monoisotopic (exact) mass is 754 g/mol. The number of halogens is 2. The van der Waals surface area contributed by atoms with Crippen LogP contribution in [0.4, 0.5) is 0 Å². The number of fused-ring (bicyclic) bond motifs is 1. The lowest BCUT2D eigenvalue weighted by Crippen LogP contribution is -2.21. The summed E-state index contributed by atoms with van der Waals surface area (Å²) in [5, 5.41) is 24.0. The molecule has 276 valence electrons. The SMILES string of the molecule is COc1nc(O[C@H]2CCc3c(-c4cccc(-c5ccc(CNC[C@@H]6CCC(=O)C6)c(OCC#N)n5)c4Cl)cccc32)c(Cl)cc1CC[C@@H]1CCC[C@@H]1O. The van der Waals surface area contributed by atoms with E-state index in [9.17, 15) is 15.2 Å². The molecule has 0 amide bonds. The minimum Gasteiger partial charge on any atom is -0.481 e. The smallest absolute Gasteiger partial charge is 0.236 e. The topological polar surface area (TPSA) is 127 Å². The summed E-state index contributed by atoms with van der Waals surface area (Å²) in [5.41, 5.74) is 7.26. The first-order chi connectivity index (χ1) is 25.8. The molecule has 2 aromatic carbocycles. The number of Topliss-reactive ketones (excluding diaryl/α,β-unsaturated/α-hetero) is 1. The lowest BCUT2D eigenvalue weighted by molar-refractivity contribution is -0.117. The molecule has 0 unspecified atom stereocenters. The van der Waals surface area contributed by atoms with Crippen LogP contribution in [0.15, 0.2) is 54.6 Å². The molecule has 7 rings (SSSR count). The number of rotatable bonds is 14. The van der Waals surface area contributed by atoms with Gasteiger partial charge in [-0.2, -0.15) is 10.2 Å². The van der Waals surface area contributed by atoms with Gasteiger partial charge in [-0.1, -0.05) is 72.1 Å². The number of aryl methyl sites for hydroxylation is 1. The standard InChI is InChI=1S/C42H44Cl2N4O5/c1-51-40-27(13-12-26-5-2-10-37(26)50)22-35(43)42(48-40)53-38-18-16-31-30(6-3-7-32(31)38)33-8-4-9-34(39(33)44)36-17-14-28(41(47-36)52-20-19-45)24-46-23-25-11-15-29(49)21-25/h3-4,6-9,14,17,22,25-26,37-38,46,50H,2,5,10-13,15-16,18,20-21,23-24H2,1H3/t25-,26+,37+,38+/m1/s1. The van der Waals surface area contributed by atoms with E-state index in [1.807, 2.05) is 48.5 Å². The second-order valence-corrected chi connectivity index (χ2v) is 15.1. The van der Waals surface area contributed by atoms with Gasteiger partial charge in [-0.3, -0.25) is 4.79 Å². The Hall–Kier alpha value is -4.20. The van der Waals surface area contributed by atoms with Crippen LogP contribution in [0.5, 0.6) is 17.6 Å². The van der Waals surface area contributed by atoms with Crippen molar-refractivity contribution < 1.29 is 24.1 Å². The van der Waals surface area contributed by atoms with E-state index in [0.717, 1.165) is 96.9 Å². The molecular formula is C42H44Cl2N4O5. The molecule has 0 radical (unpaired) electrons. The van der Waals surface area contributed by atoms with Gasteiger partial charge in [0.1, 0.15) is 23.0 Å². The summed E-state index contributed by atoms with van der Waals surface area (Å²) >= 11 is 14.0. The molecule has 2 N–H and O–H groups in total. The normalized spacial score (nSPS) is 20.7. The van der Waals surface area contributed by atoms with Gasteiger partial charge in [0.25, 0.3) is 0 Å². The van der Waals surface area contributed by atoms with Gasteiger partial charge >= 0.3 is 0 Å². The lowest BCUT2D eigenvalue weighted by atomic mass is 9.94. The maximum atomic E-state index is 11.7. The van der Waals surface area contributed by atoms with E-state index in [1.165, 1.54) is 0 Å². The number of methoxy groups -OCH3 is 1. The molecule has 11 heteroatoms. The van der Waals surface area contributed by atoms with Crippen LogP contribution in [0.25, 0.3) is 22.4 Å². The number of aliphatic hydroxyl groups excluding tert-OH is 1. The van der Waals surface area contributed by atoms with Crippen molar-refractivity contribution in [3.63, 3.8) is 0 Å². The number of aliphatic hydroxyl groups is 1. The number of nitriles is 1. The van der Waals surface area contributed by atoms with E-state index < -0.39 is 0 Å². The van der Waals surface area contributed by atoms with Crippen LogP contribution in [-0.2, 0) is 24.2 Å². The highest BCUT2D eigenvalue weighted by atomic mass is 35.5. The predicted molar refractivity (Wildman–Crippen MR) is 204 cm³/mol. The molecular weight excluding hydrogens is 711 g/mol. The first-order valence-corrected chi connectivity index (χ1v) is 19.3. The van der Waals surface area contributed by atoms with Crippen molar-refractivity contribution in [1.29, 1.82) is 5.26 Å². The number of nitrogens with zero attached hydrogens (tertiary/aromatic N) is 3. The Morgan fingerprint density at radius 2 is 1.77 bits per heavy atom. The van der Waals surface area contributed by atoms with Crippen molar-refractivity contribution >= 4 is 29.0 Å². The molecule has 0 spiro atoms. The Balaban J connectivity index is 1.10. The largest absolute Gasteiger partial charge is 0.481 e. The maximum Gasteiger partial charge on any atom is 0.236 e. The zero-order chi connectivity index (χ0) is 36.9. The summed E-state index contributed by atoms with van der Waals surface area (Å²) in [4.78, 5) is 21.2. The van der Waals surface area contributed by atoms with Crippen molar-refractivity contribution in [1.82, 2.24) is 15.3 Å². The van der Waals surface area contributed by atoms with Gasteiger partial charge < -0.3 is 24.6 Å². The third-order valence-electron chi connectivity index (χ3n) is 10.9. The number of benzene rings is 2. The van der Waals surface area contributed by atoms with E-state index in [1.54, 1.807) is 7.11 Å². The Bertz CT molecular complexity index is 2020. The van der Waals surface area contributed by atoms with Gasteiger partial charge in [-0.05, 0) is 92.1 Å². The average Bonchev–Trinajstić information content (AvgIpc) is 3.90. The summed E-state index contributed by atoms with van der Waals surface area (Å²) in [6.45, 7) is 1.12. The van der Waals surface area contributed by atoms with E-state index in [-0.39, 0.29) is 18.8 Å². The molecule has 2 fully saturated rings. The fourth-order valence-electron chi connectivity index (χ4n) is 8.15. The predicted octanol–water partition coefficient (Wildman–Crippen LogP) is 8.65. The van der Waals surface area contributed by atoms with Crippen molar-refractivity contribution in [2.75, 3.05) is 20.3 Å². The number of hydrogen-bond acceptors (Lipinski definition) is 9. The van der Waals surface area contributed by atoms with Crippen LogP contribution in [0, 0.1) is 23.2 Å².